The molecule has 0 saturated heterocycles. The van der Waals surface area contributed by atoms with Crippen LogP contribution in [-0.2, 0) is 16.0 Å². The van der Waals surface area contributed by atoms with E-state index in [0.717, 1.165) is 23.2 Å². The van der Waals surface area contributed by atoms with E-state index in [1.54, 1.807) is 7.05 Å². The van der Waals surface area contributed by atoms with Gasteiger partial charge in [0.15, 0.2) is 6.61 Å². The molecule has 5 heteroatoms. The first-order valence-electron chi connectivity index (χ1n) is 8.72. The van der Waals surface area contributed by atoms with Gasteiger partial charge >= 0.3 is 0 Å². The Morgan fingerprint density at radius 2 is 1.81 bits per heavy atom. The maximum atomic E-state index is 12.2. The quantitative estimate of drug-likeness (QED) is 0.830. The predicted octanol–water partition coefficient (Wildman–Crippen LogP) is 3.34. The molecular formula is C21H26N2O3. The molecule has 26 heavy (non-hydrogen) atoms. The zero-order chi connectivity index (χ0) is 19.1. The Kier molecular flexibility index (Phi) is 6.78. The lowest BCUT2D eigenvalue weighted by molar-refractivity contribution is -0.135. The highest BCUT2D eigenvalue weighted by molar-refractivity contribution is 5.95. The molecule has 0 fully saturated rings. The van der Waals surface area contributed by atoms with Crippen LogP contribution in [0.1, 0.15) is 23.6 Å². The Labute approximate surface area is 155 Å². The standard InChI is InChI=1S/C21H26N2O3/c1-5-17-8-6-7-9-19(17)22-20(24)13-23(4)21(25)14-26-18-11-10-15(2)16(3)12-18/h6-12H,5,13-14H2,1-4H3,(H,22,24). The molecule has 5 nitrogen and oxygen atoms in total. The zero-order valence-electron chi connectivity index (χ0n) is 15.8. The van der Waals surface area contributed by atoms with E-state index in [-0.39, 0.29) is 25.0 Å². The molecule has 0 aromatic heterocycles. The van der Waals surface area contributed by atoms with Crippen LogP contribution in [0.15, 0.2) is 42.5 Å². The number of nitrogens with zero attached hydrogens (tertiary/aromatic N) is 1. The van der Waals surface area contributed by atoms with Crippen LogP contribution in [-0.4, -0.2) is 36.9 Å². The average molecular weight is 354 g/mol. The molecule has 2 aromatic rings. The molecule has 0 aliphatic carbocycles. The monoisotopic (exact) mass is 354 g/mol. The van der Waals surface area contributed by atoms with Crippen molar-refractivity contribution in [1.82, 2.24) is 4.90 Å². The fourth-order valence-electron chi connectivity index (χ4n) is 2.50. The summed E-state index contributed by atoms with van der Waals surface area (Å²) in [6.07, 6.45) is 0.828. The molecule has 0 spiro atoms. The predicted molar refractivity (Wildman–Crippen MR) is 103 cm³/mol. The normalized spacial score (nSPS) is 10.3. The average Bonchev–Trinajstić information content (AvgIpc) is 2.62. The summed E-state index contributed by atoms with van der Waals surface area (Å²) >= 11 is 0. The number of hydrogen-bond donors (Lipinski definition) is 1. The van der Waals surface area contributed by atoms with Crippen LogP contribution in [0.25, 0.3) is 0 Å². The number of aryl methyl sites for hydroxylation is 3. The smallest absolute Gasteiger partial charge is 0.260 e. The largest absolute Gasteiger partial charge is 0.484 e. The number of para-hydroxylation sites is 1. The maximum Gasteiger partial charge on any atom is 0.260 e. The second kappa shape index (κ2) is 9.04. The van der Waals surface area contributed by atoms with Gasteiger partial charge in [-0.15, -0.1) is 0 Å². The van der Waals surface area contributed by atoms with E-state index in [2.05, 4.69) is 5.32 Å². The summed E-state index contributed by atoms with van der Waals surface area (Å²) in [7, 11) is 1.59. The van der Waals surface area contributed by atoms with Gasteiger partial charge in [0.25, 0.3) is 5.91 Å². The lowest BCUT2D eigenvalue weighted by atomic mass is 10.1. The number of nitrogens with one attached hydrogen (secondary N) is 1. The van der Waals surface area contributed by atoms with Crippen LogP contribution in [0.5, 0.6) is 5.75 Å². The minimum atomic E-state index is -0.248. The molecule has 2 rings (SSSR count). The molecule has 0 bridgehead atoms. The van der Waals surface area contributed by atoms with Gasteiger partial charge in [-0.1, -0.05) is 31.2 Å². The van der Waals surface area contributed by atoms with Crippen molar-refractivity contribution in [3.8, 4) is 5.75 Å². The van der Waals surface area contributed by atoms with E-state index in [9.17, 15) is 9.59 Å². The first-order valence-corrected chi connectivity index (χ1v) is 8.72. The second-order valence-corrected chi connectivity index (χ2v) is 6.34. The molecular weight excluding hydrogens is 328 g/mol. The molecule has 0 aliphatic rings. The molecule has 2 aromatic carbocycles. The van der Waals surface area contributed by atoms with Crippen molar-refractivity contribution in [2.45, 2.75) is 27.2 Å². The van der Waals surface area contributed by atoms with Crippen LogP contribution in [0.2, 0.25) is 0 Å². The minimum Gasteiger partial charge on any atom is -0.484 e. The van der Waals surface area contributed by atoms with Crippen LogP contribution >= 0.6 is 0 Å². The molecule has 2 amide bonds. The Hall–Kier alpha value is -2.82. The summed E-state index contributed by atoms with van der Waals surface area (Å²) in [6.45, 7) is 5.93. The Bertz CT molecular complexity index is 787. The molecule has 0 heterocycles. The van der Waals surface area contributed by atoms with E-state index >= 15 is 0 Å². The van der Waals surface area contributed by atoms with E-state index < -0.39 is 0 Å². The van der Waals surface area contributed by atoms with Gasteiger partial charge in [0, 0.05) is 12.7 Å². The van der Waals surface area contributed by atoms with Gasteiger partial charge in [-0.2, -0.15) is 0 Å². The number of hydrogen-bond acceptors (Lipinski definition) is 3. The number of likely N-dealkylation sites (N-methyl/N-ethyl adjacent to an activating group) is 1. The van der Waals surface area contributed by atoms with Gasteiger partial charge in [-0.25, -0.2) is 0 Å². The highest BCUT2D eigenvalue weighted by atomic mass is 16.5. The van der Waals surface area contributed by atoms with Crippen LogP contribution in [0.3, 0.4) is 0 Å². The van der Waals surface area contributed by atoms with Gasteiger partial charge in [-0.3, -0.25) is 9.59 Å². The van der Waals surface area contributed by atoms with Crippen LogP contribution in [0, 0.1) is 13.8 Å². The zero-order valence-corrected chi connectivity index (χ0v) is 15.8. The summed E-state index contributed by atoms with van der Waals surface area (Å²) in [5.74, 6) is 0.172. The van der Waals surface area contributed by atoms with Crippen molar-refractivity contribution in [2.75, 3.05) is 25.5 Å². The van der Waals surface area contributed by atoms with Gasteiger partial charge in [0.05, 0.1) is 6.54 Å². The molecule has 0 atom stereocenters. The van der Waals surface area contributed by atoms with Crippen molar-refractivity contribution in [1.29, 1.82) is 0 Å². The summed E-state index contributed by atoms with van der Waals surface area (Å²) in [5.41, 5.74) is 4.13. The Morgan fingerprint density at radius 1 is 1.08 bits per heavy atom. The number of rotatable bonds is 7. The van der Waals surface area contributed by atoms with Crippen molar-refractivity contribution in [3.05, 3.63) is 59.2 Å². The third-order valence-corrected chi connectivity index (χ3v) is 4.32. The van der Waals surface area contributed by atoms with Crippen LogP contribution in [0.4, 0.5) is 5.69 Å². The van der Waals surface area contributed by atoms with Crippen molar-refractivity contribution >= 4 is 17.5 Å². The molecule has 0 unspecified atom stereocenters. The van der Waals surface area contributed by atoms with Gasteiger partial charge in [0.1, 0.15) is 5.75 Å². The van der Waals surface area contributed by atoms with Crippen molar-refractivity contribution in [2.24, 2.45) is 0 Å². The fraction of sp³-hybridized carbons (Fsp3) is 0.333. The van der Waals surface area contributed by atoms with Crippen molar-refractivity contribution in [3.63, 3.8) is 0 Å². The molecule has 1 N–H and O–H groups in total. The highest BCUT2D eigenvalue weighted by Crippen LogP contribution is 2.17. The summed E-state index contributed by atoms with van der Waals surface area (Å²) in [4.78, 5) is 25.8. The lowest BCUT2D eigenvalue weighted by Gasteiger charge is -2.18. The molecule has 138 valence electrons. The number of amides is 2. The van der Waals surface area contributed by atoms with E-state index in [4.69, 9.17) is 4.74 Å². The molecule has 0 radical (unpaired) electrons. The first kappa shape index (κ1) is 19.5. The number of ether oxygens (including phenoxy) is 1. The number of benzene rings is 2. The summed E-state index contributed by atoms with van der Waals surface area (Å²) in [6, 6.07) is 13.3. The van der Waals surface area contributed by atoms with E-state index in [1.807, 2.05) is 63.2 Å². The lowest BCUT2D eigenvalue weighted by Crippen LogP contribution is -2.37. The third-order valence-electron chi connectivity index (χ3n) is 4.32. The fourth-order valence-corrected chi connectivity index (χ4v) is 2.50. The number of carbonyl (C=O) groups excluding carboxylic acids is 2. The Morgan fingerprint density at radius 3 is 2.50 bits per heavy atom. The first-order chi connectivity index (χ1) is 12.4. The van der Waals surface area contributed by atoms with Crippen molar-refractivity contribution < 1.29 is 14.3 Å². The number of anilines is 1. The third kappa shape index (κ3) is 5.34. The summed E-state index contributed by atoms with van der Waals surface area (Å²) < 4.78 is 5.54. The van der Waals surface area contributed by atoms with E-state index in [1.165, 1.54) is 10.5 Å². The second-order valence-electron chi connectivity index (χ2n) is 6.34. The molecule has 0 aliphatic heterocycles. The summed E-state index contributed by atoms with van der Waals surface area (Å²) in [5, 5.41) is 2.86. The van der Waals surface area contributed by atoms with Gasteiger partial charge in [-0.05, 0) is 55.2 Å². The van der Waals surface area contributed by atoms with Crippen LogP contribution < -0.4 is 10.1 Å². The van der Waals surface area contributed by atoms with Gasteiger partial charge < -0.3 is 15.0 Å². The van der Waals surface area contributed by atoms with Gasteiger partial charge in [0.2, 0.25) is 5.91 Å². The van der Waals surface area contributed by atoms with E-state index in [0.29, 0.717) is 5.75 Å². The maximum absolute atomic E-state index is 12.2. The molecule has 0 saturated carbocycles. The minimum absolute atomic E-state index is 0.0207. The Balaban J connectivity index is 1.85. The topological polar surface area (TPSA) is 58.6 Å². The number of carbonyl (C=O) groups is 2. The highest BCUT2D eigenvalue weighted by Gasteiger charge is 2.14. The SMILES string of the molecule is CCc1ccccc1NC(=O)CN(C)C(=O)COc1ccc(C)c(C)c1.